The van der Waals surface area contributed by atoms with Gasteiger partial charge in [0.15, 0.2) is 5.82 Å². The summed E-state index contributed by atoms with van der Waals surface area (Å²) in [6.07, 6.45) is 3.97. The van der Waals surface area contributed by atoms with Crippen LogP contribution in [0, 0.1) is 0 Å². The number of hydrogen-bond donors (Lipinski definition) is 1. The van der Waals surface area contributed by atoms with Crippen LogP contribution in [0.25, 0.3) is 11.5 Å². The van der Waals surface area contributed by atoms with Crippen LogP contribution in [-0.2, 0) is 6.42 Å². The molecule has 0 saturated heterocycles. The van der Waals surface area contributed by atoms with Crippen molar-refractivity contribution in [2.75, 3.05) is 0 Å². The number of hydrogen-bond acceptors (Lipinski definition) is 5. The van der Waals surface area contributed by atoms with Crippen LogP contribution in [0.1, 0.15) is 21.7 Å². The standard InChI is InChI=1S/C15H11N3O3/c19-15(20)12-3-1-11(2-4-12)14-17-13(18-21-14)9-10-5-7-16-8-6-10/h1-8H,9H2,(H,19,20). The van der Waals surface area contributed by atoms with E-state index in [4.69, 9.17) is 9.63 Å². The lowest BCUT2D eigenvalue weighted by Gasteiger charge is -1.96. The molecule has 6 nitrogen and oxygen atoms in total. The van der Waals surface area contributed by atoms with E-state index in [9.17, 15) is 4.79 Å². The summed E-state index contributed by atoms with van der Waals surface area (Å²) in [5, 5.41) is 12.8. The normalized spacial score (nSPS) is 10.5. The van der Waals surface area contributed by atoms with Gasteiger partial charge in [0.2, 0.25) is 0 Å². The highest BCUT2D eigenvalue weighted by Gasteiger charge is 2.10. The van der Waals surface area contributed by atoms with Gasteiger partial charge in [-0.3, -0.25) is 4.98 Å². The molecule has 0 radical (unpaired) electrons. The van der Waals surface area contributed by atoms with E-state index in [0.717, 1.165) is 5.56 Å². The van der Waals surface area contributed by atoms with Crippen LogP contribution in [0.15, 0.2) is 53.3 Å². The molecule has 2 aromatic heterocycles. The third kappa shape index (κ3) is 2.94. The zero-order chi connectivity index (χ0) is 14.7. The van der Waals surface area contributed by atoms with Gasteiger partial charge >= 0.3 is 5.97 Å². The zero-order valence-electron chi connectivity index (χ0n) is 10.9. The lowest BCUT2D eigenvalue weighted by molar-refractivity contribution is 0.0697. The zero-order valence-corrected chi connectivity index (χ0v) is 10.9. The van der Waals surface area contributed by atoms with Crippen LogP contribution in [-0.4, -0.2) is 26.2 Å². The molecule has 21 heavy (non-hydrogen) atoms. The third-order valence-electron chi connectivity index (χ3n) is 2.96. The van der Waals surface area contributed by atoms with E-state index in [0.29, 0.717) is 23.7 Å². The molecule has 0 atom stereocenters. The number of aromatic carboxylic acids is 1. The Hall–Kier alpha value is -3.02. The van der Waals surface area contributed by atoms with Gasteiger partial charge in [0, 0.05) is 24.4 Å². The first-order valence-electron chi connectivity index (χ1n) is 6.27. The molecule has 0 spiro atoms. The summed E-state index contributed by atoms with van der Waals surface area (Å²) in [4.78, 5) is 19.1. The van der Waals surface area contributed by atoms with Gasteiger partial charge in [0.25, 0.3) is 5.89 Å². The van der Waals surface area contributed by atoms with Crippen molar-refractivity contribution >= 4 is 5.97 Å². The first kappa shape index (κ1) is 13.0. The minimum atomic E-state index is -0.967. The van der Waals surface area contributed by atoms with Gasteiger partial charge in [0.05, 0.1) is 5.56 Å². The lowest BCUT2D eigenvalue weighted by atomic mass is 10.1. The Morgan fingerprint density at radius 3 is 2.48 bits per heavy atom. The fraction of sp³-hybridized carbons (Fsp3) is 0.0667. The summed E-state index contributed by atoms with van der Waals surface area (Å²) < 4.78 is 5.20. The number of rotatable bonds is 4. The van der Waals surface area contributed by atoms with Gasteiger partial charge in [-0.05, 0) is 42.0 Å². The van der Waals surface area contributed by atoms with Crippen molar-refractivity contribution in [2.45, 2.75) is 6.42 Å². The summed E-state index contributed by atoms with van der Waals surface area (Å²) in [7, 11) is 0. The number of pyridine rings is 1. The molecule has 1 aromatic carbocycles. The van der Waals surface area contributed by atoms with Crippen LogP contribution >= 0.6 is 0 Å². The number of benzene rings is 1. The highest BCUT2D eigenvalue weighted by atomic mass is 16.5. The van der Waals surface area contributed by atoms with E-state index in [1.807, 2.05) is 12.1 Å². The van der Waals surface area contributed by atoms with Gasteiger partial charge in [0.1, 0.15) is 0 Å². The molecule has 0 unspecified atom stereocenters. The molecule has 0 aliphatic heterocycles. The molecular weight excluding hydrogens is 270 g/mol. The minimum Gasteiger partial charge on any atom is -0.478 e. The topological polar surface area (TPSA) is 89.1 Å². The number of aromatic nitrogens is 3. The van der Waals surface area contributed by atoms with Gasteiger partial charge < -0.3 is 9.63 Å². The minimum absolute atomic E-state index is 0.218. The number of carbonyl (C=O) groups is 1. The second-order valence-electron chi connectivity index (χ2n) is 4.43. The SMILES string of the molecule is O=C(O)c1ccc(-c2nc(Cc3ccncc3)no2)cc1. The number of nitrogens with zero attached hydrogens (tertiary/aromatic N) is 3. The Labute approximate surface area is 120 Å². The highest BCUT2D eigenvalue weighted by Crippen LogP contribution is 2.18. The third-order valence-corrected chi connectivity index (χ3v) is 2.96. The summed E-state index contributed by atoms with van der Waals surface area (Å²) in [6.45, 7) is 0. The molecule has 0 amide bonds. The smallest absolute Gasteiger partial charge is 0.335 e. The van der Waals surface area contributed by atoms with E-state index in [1.54, 1.807) is 24.5 Å². The average molecular weight is 281 g/mol. The Bertz CT molecular complexity index is 751. The Morgan fingerprint density at radius 1 is 1.10 bits per heavy atom. The van der Waals surface area contributed by atoms with Crippen LogP contribution in [0.4, 0.5) is 0 Å². The number of carboxylic acid groups (broad SMARTS) is 1. The van der Waals surface area contributed by atoms with E-state index >= 15 is 0 Å². The van der Waals surface area contributed by atoms with Crippen molar-refractivity contribution in [1.82, 2.24) is 15.1 Å². The van der Waals surface area contributed by atoms with Gasteiger partial charge in [-0.25, -0.2) is 4.79 Å². The van der Waals surface area contributed by atoms with Gasteiger partial charge in [-0.1, -0.05) is 5.16 Å². The van der Waals surface area contributed by atoms with Crippen LogP contribution in [0.3, 0.4) is 0 Å². The first-order valence-corrected chi connectivity index (χ1v) is 6.27. The van der Waals surface area contributed by atoms with Crippen molar-refractivity contribution in [3.8, 4) is 11.5 Å². The molecule has 6 heteroatoms. The predicted molar refractivity (Wildman–Crippen MR) is 73.7 cm³/mol. The van der Waals surface area contributed by atoms with Gasteiger partial charge in [-0.2, -0.15) is 4.98 Å². The predicted octanol–water partition coefficient (Wildman–Crippen LogP) is 2.42. The monoisotopic (exact) mass is 281 g/mol. The molecule has 0 bridgehead atoms. The quantitative estimate of drug-likeness (QED) is 0.790. The van der Waals surface area contributed by atoms with Crippen molar-refractivity contribution in [2.24, 2.45) is 0 Å². The molecule has 1 N–H and O–H groups in total. The van der Waals surface area contributed by atoms with Crippen molar-refractivity contribution in [3.63, 3.8) is 0 Å². The molecule has 0 aliphatic carbocycles. The highest BCUT2D eigenvalue weighted by molar-refractivity contribution is 5.88. The number of carboxylic acids is 1. The molecular formula is C15H11N3O3. The lowest BCUT2D eigenvalue weighted by Crippen LogP contribution is -1.95. The Morgan fingerprint density at radius 2 is 1.81 bits per heavy atom. The molecule has 0 saturated carbocycles. The van der Waals surface area contributed by atoms with E-state index in [-0.39, 0.29) is 5.56 Å². The molecule has 2 heterocycles. The molecule has 0 aliphatic rings. The summed E-state index contributed by atoms with van der Waals surface area (Å²) >= 11 is 0. The maximum atomic E-state index is 10.8. The first-order chi connectivity index (χ1) is 10.2. The summed E-state index contributed by atoms with van der Waals surface area (Å²) in [5.74, 6) is -0.0278. The second kappa shape index (κ2) is 5.54. The molecule has 3 rings (SSSR count). The fourth-order valence-corrected chi connectivity index (χ4v) is 1.88. The fourth-order valence-electron chi connectivity index (χ4n) is 1.88. The van der Waals surface area contributed by atoms with Crippen molar-refractivity contribution in [3.05, 3.63) is 65.7 Å². The molecule has 0 fully saturated rings. The average Bonchev–Trinajstić information content (AvgIpc) is 2.97. The van der Waals surface area contributed by atoms with E-state index in [2.05, 4.69) is 15.1 Å². The molecule has 104 valence electrons. The maximum absolute atomic E-state index is 10.8. The van der Waals surface area contributed by atoms with E-state index in [1.165, 1.54) is 12.1 Å². The molecule has 3 aromatic rings. The van der Waals surface area contributed by atoms with Crippen molar-refractivity contribution < 1.29 is 14.4 Å². The second-order valence-corrected chi connectivity index (χ2v) is 4.43. The summed E-state index contributed by atoms with van der Waals surface area (Å²) in [5.41, 5.74) is 1.95. The largest absolute Gasteiger partial charge is 0.478 e. The van der Waals surface area contributed by atoms with Crippen LogP contribution in [0.5, 0.6) is 0 Å². The van der Waals surface area contributed by atoms with Crippen LogP contribution in [0.2, 0.25) is 0 Å². The van der Waals surface area contributed by atoms with Gasteiger partial charge in [-0.15, -0.1) is 0 Å². The van der Waals surface area contributed by atoms with Crippen molar-refractivity contribution in [1.29, 1.82) is 0 Å². The Balaban J connectivity index is 1.80. The maximum Gasteiger partial charge on any atom is 0.335 e. The summed E-state index contributed by atoms with van der Waals surface area (Å²) in [6, 6.07) is 10.1. The Kier molecular flexibility index (Phi) is 3.42. The van der Waals surface area contributed by atoms with Crippen LogP contribution < -0.4 is 0 Å². The van der Waals surface area contributed by atoms with E-state index < -0.39 is 5.97 Å².